The molecule has 0 radical (unpaired) electrons. The van der Waals surface area contributed by atoms with Crippen LogP contribution in [0.1, 0.15) is 6.42 Å². The monoisotopic (exact) mass is 274 g/mol. The van der Waals surface area contributed by atoms with Crippen molar-refractivity contribution in [3.05, 3.63) is 22.6 Å². The molecule has 5 nitrogen and oxygen atoms in total. The molecular weight excluding hydrogens is 260 g/mol. The van der Waals surface area contributed by atoms with Crippen LogP contribution in [0, 0.1) is 0 Å². The number of thioether (sulfide) groups is 2. The molecule has 0 aliphatic rings. The van der Waals surface area contributed by atoms with Gasteiger partial charge in [0.1, 0.15) is 0 Å². The first-order chi connectivity index (χ1) is 8.13. The van der Waals surface area contributed by atoms with E-state index >= 15 is 0 Å². The molecule has 0 unspecified atom stereocenters. The highest BCUT2D eigenvalue weighted by atomic mass is 32.2. The van der Waals surface area contributed by atoms with Crippen LogP contribution in [0.5, 0.6) is 0 Å². The van der Waals surface area contributed by atoms with Gasteiger partial charge < -0.3 is 9.67 Å². The lowest BCUT2D eigenvalue weighted by Crippen LogP contribution is -2.14. The fourth-order valence-electron chi connectivity index (χ4n) is 1.20. The standard InChI is InChI=1S/C10H14N2O3S2/c1-16-6-2-4-12-5-3-8(13)11-10(12)17-7-9(14)15/h3,5H,2,4,6-7H2,1H3,(H,14,15). The first-order valence-electron chi connectivity index (χ1n) is 5.04. The van der Waals surface area contributed by atoms with Crippen LogP contribution in [0.3, 0.4) is 0 Å². The highest BCUT2D eigenvalue weighted by Crippen LogP contribution is 2.14. The van der Waals surface area contributed by atoms with Gasteiger partial charge in [-0.05, 0) is 18.4 Å². The van der Waals surface area contributed by atoms with Crippen LogP contribution in [0.4, 0.5) is 0 Å². The fraction of sp³-hybridized carbons (Fsp3) is 0.500. The summed E-state index contributed by atoms with van der Waals surface area (Å²) in [5.41, 5.74) is -0.334. The molecule has 1 rings (SSSR count). The molecule has 0 aromatic carbocycles. The highest BCUT2D eigenvalue weighted by Gasteiger charge is 2.06. The minimum Gasteiger partial charge on any atom is -0.481 e. The van der Waals surface area contributed by atoms with Gasteiger partial charge in [0.2, 0.25) is 0 Å². The lowest BCUT2D eigenvalue weighted by molar-refractivity contribution is -0.133. The predicted octanol–water partition coefficient (Wildman–Crippen LogP) is 1.17. The number of aryl methyl sites for hydroxylation is 1. The Morgan fingerprint density at radius 1 is 1.59 bits per heavy atom. The Morgan fingerprint density at radius 2 is 2.35 bits per heavy atom. The van der Waals surface area contributed by atoms with Crippen LogP contribution in [0.25, 0.3) is 0 Å². The Kier molecular flexibility index (Phi) is 6.13. The number of hydrogen-bond acceptors (Lipinski definition) is 5. The van der Waals surface area contributed by atoms with Crippen molar-refractivity contribution in [3.63, 3.8) is 0 Å². The molecule has 94 valence electrons. The van der Waals surface area contributed by atoms with Crippen molar-refractivity contribution < 1.29 is 9.90 Å². The van der Waals surface area contributed by atoms with Gasteiger partial charge in [-0.15, -0.1) is 0 Å². The Balaban J connectivity index is 2.72. The number of aliphatic carboxylic acids is 1. The van der Waals surface area contributed by atoms with E-state index < -0.39 is 5.97 Å². The average Bonchev–Trinajstić information content (AvgIpc) is 2.29. The van der Waals surface area contributed by atoms with Crippen LogP contribution >= 0.6 is 23.5 Å². The van der Waals surface area contributed by atoms with Crippen molar-refractivity contribution >= 4 is 29.5 Å². The molecule has 0 saturated heterocycles. The summed E-state index contributed by atoms with van der Waals surface area (Å²) >= 11 is 2.82. The molecule has 0 atom stereocenters. The van der Waals surface area contributed by atoms with Crippen molar-refractivity contribution in [2.24, 2.45) is 0 Å². The SMILES string of the molecule is CSCCCn1ccc(=O)nc1SCC(=O)O. The summed E-state index contributed by atoms with van der Waals surface area (Å²) in [5, 5.41) is 9.08. The summed E-state index contributed by atoms with van der Waals surface area (Å²) in [7, 11) is 0. The first-order valence-corrected chi connectivity index (χ1v) is 7.42. The molecule has 7 heteroatoms. The van der Waals surface area contributed by atoms with E-state index in [-0.39, 0.29) is 11.3 Å². The molecule has 0 fully saturated rings. The minimum atomic E-state index is -0.913. The van der Waals surface area contributed by atoms with Gasteiger partial charge in [-0.25, -0.2) is 0 Å². The van der Waals surface area contributed by atoms with Crippen LogP contribution in [0.2, 0.25) is 0 Å². The minimum absolute atomic E-state index is 0.0843. The van der Waals surface area contributed by atoms with E-state index in [4.69, 9.17) is 5.11 Å². The molecule has 0 saturated carbocycles. The predicted molar refractivity (Wildman–Crippen MR) is 69.9 cm³/mol. The Morgan fingerprint density at radius 3 is 3.00 bits per heavy atom. The van der Waals surface area contributed by atoms with Gasteiger partial charge in [-0.2, -0.15) is 16.7 Å². The number of rotatable bonds is 7. The summed E-state index contributed by atoms with van der Waals surface area (Å²) < 4.78 is 1.82. The average molecular weight is 274 g/mol. The van der Waals surface area contributed by atoms with Gasteiger partial charge in [0, 0.05) is 18.8 Å². The van der Waals surface area contributed by atoms with Gasteiger partial charge >= 0.3 is 5.97 Å². The largest absolute Gasteiger partial charge is 0.481 e. The third-order valence-electron chi connectivity index (χ3n) is 1.92. The van der Waals surface area contributed by atoms with Gasteiger partial charge in [0.15, 0.2) is 5.16 Å². The molecule has 1 aromatic rings. The van der Waals surface area contributed by atoms with Gasteiger partial charge in [0.05, 0.1) is 5.75 Å². The number of carboxylic acids is 1. The Hall–Kier alpha value is -0.950. The van der Waals surface area contributed by atoms with Gasteiger partial charge in [-0.1, -0.05) is 11.8 Å². The van der Waals surface area contributed by atoms with Gasteiger partial charge in [-0.3, -0.25) is 9.59 Å². The third-order valence-corrected chi connectivity index (χ3v) is 3.59. The maximum atomic E-state index is 11.1. The zero-order chi connectivity index (χ0) is 12.7. The molecule has 1 aromatic heterocycles. The molecule has 1 heterocycles. The van der Waals surface area contributed by atoms with E-state index in [0.717, 1.165) is 30.5 Å². The zero-order valence-electron chi connectivity index (χ0n) is 9.46. The summed E-state index contributed by atoms with van der Waals surface area (Å²) in [4.78, 5) is 25.4. The smallest absolute Gasteiger partial charge is 0.313 e. The summed E-state index contributed by atoms with van der Waals surface area (Å²) in [5.74, 6) is 0.0255. The summed E-state index contributed by atoms with van der Waals surface area (Å²) in [6.45, 7) is 0.746. The highest BCUT2D eigenvalue weighted by molar-refractivity contribution is 7.99. The van der Waals surface area contributed by atoms with Crippen LogP contribution in [-0.2, 0) is 11.3 Å². The molecule has 17 heavy (non-hydrogen) atoms. The molecule has 0 spiro atoms. The second kappa shape index (κ2) is 7.39. The van der Waals surface area contributed by atoms with E-state index in [1.807, 2.05) is 10.8 Å². The number of carbonyl (C=O) groups is 1. The van der Waals surface area contributed by atoms with Crippen molar-refractivity contribution in [1.29, 1.82) is 0 Å². The second-order valence-electron chi connectivity index (χ2n) is 3.27. The number of carboxylic acid groups (broad SMARTS) is 1. The van der Waals surface area contributed by atoms with E-state index in [1.54, 1.807) is 18.0 Å². The van der Waals surface area contributed by atoms with Crippen molar-refractivity contribution in [2.45, 2.75) is 18.1 Å². The number of nitrogens with zero attached hydrogens (tertiary/aromatic N) is 2. The number of hydrogen-bond donors (Lipinski definition) is 1. The van der Waals surface area contributed by atoms with Crippen molar-refractivity contribution in [2.75, 3.05) is 17.8 Å². The Labute approximate surface area is 108 Å². The normalized spacial score (nSPS) is 10.4. The molecule has 0 aliphatic carbocycles. The van der Waals surface area contributed by atoms with Crippen molar-refractivity contribution in [1.82, 2.24) is 9.55 Å². The summed E-state index contributed by atoms with van der Waals surface area (Å²) in [6, 6.07) is 1.39. The quantitative estimate of drug-likeness (QED) is 0.457. The zero-order valence-corrected chi connectivity index (χ0v) is 11.1. The van der Waals surface area contributed by atoms with Crippen LogP contribution in [-0.4, -0.2) is 38.4 Å². The lowest BCUT2D eigenvalue weighted by atomic mass is 10.4. The van der Waals surface area contributed by atoms with E-state index in [9.17, 15) is 9.59 Å². The molecule has 0 aliphatic heterocycles. The lowest BCUT2D eigenvalue weighted by Gasteiger charge is -2.10. The summed E-state index contributed by atoms with van der Waals surface area (Å²) in [6.07, 6.45) is 4.66. The molecular formula is C10H14N2O3S2. The van der Waals surface area contributed by atoms with E-state index in [0.29, 0.717) is 5.16 Å². The van der Waals surface area contributed by atoms with Gasteiger partial charge in [0.25, 0.3) is 5.56 Å². The molecule has 0 amide bonds. The fourth-order valence-corrected chi connectivity index (χ4v) is 2.35. The Bertz CT molecular complexity index is 434. The van der Waals surface area contributed by atoms with Crippen molar-refractivity contribution in [3.8, 4) is 0 Å². The number of aromatic nitrogens is 2. The van der Waals surface area contributed by atoms with Crippen LogP contribution in [0.15, 0.2) is 22.2 Å². The van der Waals surface area contributed by atoms with Crippen LogP contribution < -0.4 is 5.56 Å². The topological polar surface area (TPSA) is 72.2 Å². The maximum absolute atomic E-state index is 11.1. The molecule has 1 N–H and O–H groups in total. The van der Waals surface area contributed by atoms with E-state index in [2.05, 4.69) is 4.98 Å². The second-order valence-corrected chi connectivity index (χ2v) is 5.20. The first kappa shape index (κ1) is 14.1. The molecule has 0 bridgehead atoms. The van der Waals surface area contributed by atoms with E-state index in [1.165, 1.54) is 6.07 Å². The maximum Gasteiger partial charge on any atom is 0.313 e. The third kappa shape index (κ3) is 5.27.